The first-order valence-electron chi connectivity index (χ1n) is 15.7. The van der Waals surface area contributed by atoms with Crippen molar-refractivity contribution >= 4 is 52.9 Å². The molecular formula is C32H50N6O7SSi. The summed E-state index contributed by atoms with van der Waals surface area (Å²) in [5.41, 5.74) is -1.22. The van der Waals surface area contributed by atoms with E-state index < -0.39 is 54.7 Å². The zero-order valence-corrected chi connectivity index (χ0v) is 31.5. The molecule has 2 aromatic heterocycles. The molecule has 15 heteroatoms. The van der Waals surface area contributed by atoms with E-state index in [4.69, 9.17) is 19.2 Å². The molecule has 0 aliphatic rings. The third-order valence-corrected chi connectivity index (χ3v) is 9.69. The van der Waals surface area contributed by atoms with Crippen LogP contribution in [0.25, 0.3) is 10.2 Å². The first-order chi connectivity index (χ1) is 21.5. The highest BCUT2D eigenvalue weighted by atomic mass is 32.1. The number of fused-ring (bicyclic) bond motifs is 1. The van der Waals surface area contributed by atoms with Crippen molar-refractivity contribution in [3.05, 3.63) is 29.6 Å². The molecule has 0 unspecified atom stereocenters. The first kappa shape index (κ1) is 38.0. The number of ether oxygens (including phenoxy) is 3. The second-order valence-corrected chi connectivity index (χ2v) is 22.6. The van der Waals surface area contributed by atoms with Crippen LogP contribution in [0.2, 0.25) is 25.7 Å². The fraction of sp³-hybridized carbons (Fsp3) is 0.656. The van der Waals surface area contributed by atoms with Crippen molar-refractivity contribution in [1.29, 1.82) is 0 Å². The number of tetrazole rings is 1. The molecule has 0 spiro atoms. The smallest absolute Gasteiger partial charge is 0.426 e. The summed E-state index contributed by atoms with van der Waals surface area (Å²) in [6, 6.07) is 6.47. The van der Waals surface area contributed by atoms with Crippen molar-refractivity contribution in [1.82, 2.24) is 25.2 Å². The van der Waals surface area contributed by atoms with E-state index in [0.717, 1.165) is 22.3 Å². The summed E-state index contributed by atoms with van der Waals surface area (Å²) in [5, 5.41) is 22.9. The minimum absolute atomic E-state index is 0.0683. The molecule has 0 bridgehead atoms. The highest BCUT2D eigenvalue weighted by Gasteiger charge is 2.42. The molecule has 13 nitrogen and oxygen atoms in total. The Balaban J connectivity index is 2.10. The van der Waals surface area contributed by atoms with Crippen LogP contribution in [-0.4, -0.2) is 74.3 Å². The minimum Gasteiger partial charge on any atom is -0.481 e. The fourth-order valence-corrected chi connectivity index (χ4v) is 6.69. The van der Waals surface area contributed by atoms with E-state index in [0.29, 0.717) is 28.2 Å². The van der Waals surface area contributed by atoms with E-state index in [-0.39, 0.29) is 18.3 Å². The maximum absolute atomic E-state index is 13.3. The predicted molar refractivity (Wildman–Crippen MR) is 184 cm³/mol. The quantitative estimate of drug-likeness (QED) is 0.158. The molecule has 0 aliphatic heterocycles. The Morgan fingerprint density at radius 3 is 2.09 bits per heavy atom. The second-order valence-electron chi connectivity index (χ2n) is 15.9. The average Bonchev–Trinajstić information content (AvgIpc) is 3.50. The number of nitrogens with zero attached hydrogens (tertiary/aromatic N) is 6. The van der Waals surface area contributed by atoms with Gasteiger partial charge in [-0.1, -0.05) is 63.9 Å². The third-order valence-electron chi connectivity index (χ3n) is 6.98. The Bertz CT molecular complexity index is 1530. The number of hydrogen-bond acceptors (Lipinski definition) is 11. The Kier molecular flexibility index (Phi) is 11.6. The van der Waals surface area contributed by atoms with E-state index in [1.807, 2.05) is 39.0 Å². The van der Waals surface area contributed by atoms with Gasteiger partial charge in [-0.05, 0) is 81.5 Å². The summed E-state index contributed by atoms with van der Waals surface area (Å²) in [6.07, 6.45) is -1.63. The van der Waals surface area contributed by atoms with Gasteiger partial charge >= 0.3 is 18.2 Å². The molecule has 0 aliphatic carbocycles. The molecule has 1 N–H and O–H groups in total. The lowest BCUT2D eigenvalue weighted by atomic mass is 9.70. The monoisotopic (exact) mass is 690 g/mol. The predicted octanol–water partition coefficient (Wildman–Crippen LogP) is 7.34. The summed E-state index contributed by atoms with van der Waals surface area (Å²) < 4.78 is 19.2. The molecular weight excluding hydrogens is 641 g/mol. The maximum Gasteiger partial charge on any atom is 0.426 e. The Morgan fingerprint density at radius 1 is 0.979 bits per heavy atom. The van der Waals surface area contributed by atoms with Crippen LogP contribution in [-0.2, 0) is 32.2 Å². The summed E-state index contributed by atoms with van der Waals surface area (Å²) >= 11 is 1.13. The van der Waals surface area contributed by atoms with Crippen molar-refractivity contribution < 1.29 is 33.7 Å². The van der Waals surface area contributed by atoms with E-state index >= 15 is 0 Å². The van der Waals surface area contributed by atoms with Gasteiger partial charge in [0, 0.05) is 20.6 Å². The average molecular weight is 691 g/mol. The molecule has 3 rings (SSSR count). The minimum atomic E-state index is -1.32. The lowest BCUT2D eigenvalue weighted by Gasteiger charge is -2.33. The van der Waals surface area contributed by atoms with Crippen LogP contribution >= 0.6 is 11.3 Å². The molecule has 0 fully saturated rings. The van der Waals surface area contributed by atoms with Gasteiger partial charge in [0.2, 0.25) is 5.13 Å². The van der Waals surface area contributed by atoms with Crippen LogP contribution in [0.15, 0.2) is 18.2 Å². The number of thiazole rings is 1. The van der Waals surface area contributed by atoms with Gasteiger partial charge in [0.15, 0.2) is 5.82 Å². The van der Waals surface area contributed by atoms with Crippen LogP contribution in [0.1, 0.15) is 79.6 Å². The van der Waals surface area contributed by atoms with E-state index in [1.54, 1.807) is 41.5 Å². The van der Waals surface area contributed by atoms with Gasteiger partial charge in [-0.15, -0.1) is 5.10 Å². The molecule has 2 heterocycles. The lowest BCUT2D eigenvalue weighted by molar-refractivity contribution is -0.146. The number of benzene rings is 1. The highest BCUT2D eigenvalue weighted by Crippen LogP contribution is 2.41. The van der Waals surface area contributed by atoms with E-state index in [2.05, 4.69) is 35.2 Å². The number of aromatic nitrogens is 5. The molecule has 0 saturated heterocycles. The number of anilines is 1. The van der Waals surface area contributed by atoms with Crippen molar-refractivity contribution in [2.75, 3.05) is 11.5 Å². The van der Waals surface area contributed by atoms with E-state index in [9.17, 15) is 19.5 Å². The van der Waals surface area contributed by atoms with Crippen LogP contribution < -0.4 is 4.90 Å². The molecule has 0 saturated carbocycles. The fourth-order valence-electron chi connectivity index (χ4n) is 4.94. The van der Waals surface area contributed by atoms with Crippen LogP contribution in [0.5, 0.6) is 0 Å². The van der Waals surface area contributed by atoms with Gasteiger partial charge < -0.3 is 19.3 Å². The Labute approximate surface area is 282 Å². The van der Waals surface area contributed by atoms with Gasteiger partial charge in [0.25, 0.3) is 0 Å². The summed E-state index contributed by atoms with van der Waals surface area (Å²) in [4.78, 5) is 45.1. The lowest BCUT2D eigenvalue weighted by Crippen LogP contribution is -2.43. The van der Waals surface area contributed by atoms with Crippen LogP contribution in [0.3, 0.4) is 0 Å². The Hall–Kier alpha value is -3.43. The molecule has 2 atom stereocenters. The van der Waals surface area contributed by atoms with Gasteiger partial charge in [-0.25, -0.2) is 19.3 Å². The van der Waals surface area contributed by atoms with Gasteiger partial charge in [-0.3, -0.25) is 4.79 Å². The number of imide groups is 1. The number of hydrogen-bond donors (Lipinski definition) is 1. The summed E-state index contributed by atoms with van der Waals surface area (Å²) in [5.74, 6) is -2.16. The van der Waals surface area contributed by atoms with Crippen molar-refractivity contribution in [3.63, 3.8) is 0 Å². The van der Waals surface area contributed by atoms with E-state index in [1.165, 1.54) is 4.68 Å². The number of carbonyl (C=O) groups is 3. The molecule has 260 valence electrons. The van der Waals surface area contributed by atoms with Crippen LogP contribution in [0, 0.1) is 11.3 Å². The topological polar surface area (TPSA) is 159 Å². The summed E-state index contributed by atoms with van der Waals surface area (Å²) in [7, 11) is -1.32. The standard InChI is InChI=1S/C32H50N6O7SSi/c1-30(2,3)23(26(39)40)21(25-34-35-36-37(25)19-43-16-17-47(10,11)12)18-20-14-13-15-22-24(20)33-27(46-22)38(28(41)44-31(4,5)6)29(42)45-32(7,8)9/h13-15,21,23H,16-19H2,1-12H3,(H,39,40)/t21-,23+/m1/s1. The number of carboxylic acids is 1. The number of carbonyl (C=O) groups excluding carboxylic acids is 2. The zero-order chi connectivity index (χ0) is 35.5. The maximum atomic E-state index is 13.3. The third kappa shape index (κ3) is 10.8. The van der Waals surface area contributed by atoms with Gasteiger partial charge in [0.1, 0.15) is 17.9 Å². The molecule has 1 aromatic carbocycles. The van der Waals surface area contributed by atoms with Crippen molar-refractivity contribution in [3.8, 4) is 0 Å². The number of carboxylic acid groups (broad SMARTS) is 1. The van der Waals surface area contributed by atoms with Crippen molar-refractivity contribution in [2.24, 2.45) is 11.3 Å². The first-order valence-corrected chi connectivity index (χ1v) is 20.2. The largest absolute Gasteiger partial charge is 0.481 e. The molecule has 2 amide bonds. The Morgan fingerprint density at radius 2 is 1.57 bits per heavy atom. The molecule has 3 aromatic rings. The normalized spacial score (nSPS) is 14.1. The summed E-state index contributed by atoms with van der Waals surface area (Å²) in [6.45, 7) is 23.3. The SMILES string of the molecule is CC(C)(C)OC(=O)N(C(=O)OC(C)(C)C)c1nc2c(C[C@@H](c3nnnn3COCC[Si](C)(C)C)[C@@H](C(=O)O)C(C)(C)C)cccc2s1. The molecule has 0 radical (unpaired) electrons. The number of para-hydroxylation sites is 1. The highest BCUT2D eigenvalue weighted by molar-refractivity contribution is 7.22. The number of amides is 2. The number of rotatable bonds is 11. The zero-order valence-electron chi connectivity index (χ0n) is 29.7. The van der Waals surface area contributed by atoms with Gasteiger partial charge in [-0.2, -0.15) is 4.90 Å². The van der Waals surface area contributed by atoms with Gasteiger partial charge in [0.05, 0.1) is 16.1 Å². The van der Waals surface area contributed by atoms with Crippen molar-refractivity contribution in [2.45, 2.75) is 118 Å². The number of aliphatic carboxylic acids is 1. The second kappa shape index (κ2) is 14.4. The van der Waals surface area contributed by atoms with Crippen LogP contribution in [0.4, 0.5) is 14.7 Å². The molecule has 47 heavy (non-hydrogen) atoms.